The molecule has 0 aliphatic carbocycles. The number of rotatable bonds is 7. The van der Waals surface area contributed by atoms with E-state index in [9.17, 15) is 4.79 Å². The number of nitrogens with one attached hydrogen (secondary N) is 1. The van der Waals surface area contributed by atoms with Crippen molar-refractivity contribution in [1.82, 2.24) is 15.1 Å². The summed E-state index contributed by atoms with van der Waals surface area (Å²) in [7, 11) is 2.18. The van der Waals surface area contributed by atoms with Gasteiger partial charge in [-0.2, -0.15) is 0 Å². The predicted octanol–water partition coefficient (Wildman–Crippen LogP) is 2.58. The minimum atomic E-state index is 0.0822. The summed E-state index contributed by atoms with van der Waals surface area (Å²) in [6.45, 7) is 6.44. The van der Waals surface area contributed by atoms with E-state index in [0.717, 1.165) is 76.6 Å². The number of piperidine rings is 1. The number of halogens is 1. The van der Waals surface area contributed by atoms with Crippen LogP contribution in [0.4, 0.5) is 0 Å². The lowest BCUT2D eigenvalue weighted by atomic mass is 9.85. The van der Waals surface area contributed by atoms with E-state index >= 15 is 0 Å². The van der Waals surface area contributed by atoms with Crippen molar-refractivity contribution in [1.29, 1.82) is 0 Å². The molecule has 2 heterocycles. The van der Waals surface area contributed by atoms with Crippen LogP contribution < -0.4 is 5.32 Å². The highest BCUT2D eigenvalue weighted by atomic mass is 35.5. The number of likely N-dealkylation sites (tertiary alicyclic amines) is 1. The number of amides is 1. The molecule has 1 aromatic carbocycles. The summed E-state index contributed by atoms with van der Waals surface area (Å²) < 4.78 is 5.54. The van der Waals surface area contributed by atoms with E-state index in [-0.39, 0.29) is 11.4 Å². The molecule has 0 unspecified atom stereocenters. The SMILES string of the molecule is CN1CCC(CNC(=O)CCCc2cccc(Cl)c2)(N2CCOCC2)CC1. The summed E-state index contributed by atoms with van der Waals surface area (Å²) in [5.41, 5.74) is 1.27. The molecule has 0 bridgehead atoms. The highest BCUT2D eigenvalue weighted by molar-refractivity contribution is 6.30. The van der Waals surface area contributed by atoms with Gasteiger partial charge in [0.2, 0.25) is 5.91 Å². The second-order valence-electron chi connectivity index (χ2n) is 7.89. The van der Waals surface area contributed by atoms with E-state index < -0.39 is 0 Å². The van der Waals surface area contributed by atoms with Crippen molar-refractivity contribution in [2.24, 2.45) is 0 Å². The molecule has 0 radical (unpaired) electrons. The largest absolute Gasteiger partial charge is 0.379 e. The molecule has 1 aromatic rings. The normalized spacial score (nSPS) is 21.1. The fraction of sp³-hybridized carbons (Fsp3) is 0.667. The molecule has 5 nitrogen and oxygen atoms in total. The summed E-state index contributed by atoms with van der Waals surface area (Å²) in [6, 6.07) is 7.88. The van der Waals surface area contributed by atoms with E-state index in [1.807, 2.05) is 18.2 Å². The van der Waals surface area contributed by atoms with Crippen LogP contribution in [0.5, 0.6) is 0 Å². The van der Waals surface area contributed by atoms with E-state index in [4.69, 9.17) is 16.3 Å². The second-order valence-corrected chi connectivity index (χ2v) is 8.32. The molecule has 3 rings (SSSR count). The average molecular weight is 394 g/mol. The van der Waals surface area contributed by atoms with Crippen LogP contribution in [0.2, 0.25) is 5.02 Å². The standard InChI is InChI=1S/C21H32ClN3O2/c1-24-10-8-21(9-11-24,25-12-14-27-15-13-25)17-23-20(26)7-3-5-18-4-2-6-19(22)16-18/h2,4,6,16H,3,5,7-15,17H2,1H3,(H,23,26). The first-order valence-corrected chi connectivity index (χ1v) is 10.5. The topological polar surface area (TPSA) is 44.8 Å². The van der Waals surface area contributed by atoms with Gasteiger partial charge in [0.15, 0.2) is 0 Å². The molecular weight excluding hydrogens is 362 g/mol. The Morgan fingerprint density at radius 1 is 1.22 bits per heavy atom. The van der Waals surface area contributed by atoms with E-state index in [1.54, 1.807) is 0 Å². The fourth-order valence-corrected chi connectivity index (χ4v) is 4.39. The number of aryl methyl sites for hydroxylation is 1. The summed E-state index contributed by atoms with van der Waals surface area (Å²) in [5.74, 6) is 0.156. The average Bonchev–Trinajstić information content (AvgIpc) is 2.69. The van der Waals surface area contributed by atoms with Crippen LogP contribution in [0.3, 0.4) is 0 Å². The van der Waals surface area contributed by atoms with E-state index in [0.29, 0.717) is 6.42 Å². The van der Waals surface area contributed by atoms with Gasteiger partial charge >= 0.3 is 0 Å². The Labute approximate surface area is 168 Å². The monoisotopic (exact) mass is 393 g/mol. The summed E-state index contributed by atoms with van der Waals surface area (Å²) in [5, 5.41) is 3.99. The number of carbonyl (C=O) groups is 1. The van der Waals surface area contributed by atoms with Crippen molar-refractivity contribution in [3.63, 3.8) is 0 Å². The van der Waals surface area contributed by atoms with Crippen LogP contribution in [0.25, 0.3) is 0 Å². The number of morpholine rings is 1. The molecule has 2 aliphatic rings. The number of ether oxygens (including phenoxy) is 1. The molecule has 2 fully saturated rings. The number of benzene rings is 1. The number of nitrogens with zero attached hydrogens (tertiary/aromatic N) is 2. The van der Waals surface area contributed by atoms with Crippen molar-refractivity contribution in [3.05, 3.63) is 34.9 Å². The lowest BCUT2D eigenvalue weighted by Crippen LogP contribution is -2.62. The Kier molecular flexibility index (Phi) is 7.53. The Bertz CT molecular complexity index is 611. The second kappa shape index (κ2) is 9.87. The van der Waals surface area contributed by atoms with Gasteiger partial charge in [0.25, 0.3) is 0 Å². The van der Waals surface area contributed by atoms with Gasteiger partial charge in [-0.1, -0.05) is 23.7 Å². The molecule has 0 aromatic heterocycles. The van der Waals surface area contributed by atoms with Crippen LogP contribution in [-0.4, -0.2) is 74.2 Å². The van der Waals surface area contributed by atoms with Crippen LogP contribution >= 0.6 is 11.6 Å². The van der Waals surface area contributed by atoms with Gasteiger partial charge in [-0.05, 0) is 63.5 Å². The summed E-state index contributed by atoms with van der Waals surface area (Å²) in [6.07, 6.45) is 4.50. The van der Waals surface area contributed by atoms with Crippen molar-refractivity contribution in [2.75, 3.05) is 53.0 Å². The van der Waals surface area contributed by atoms with Crippen LogP contribution in [0, 0.1) is 0 Å². The Morgan fingerprint density at radius 2 is 1.96 bits per heavy atom. The van der Waals surface area contributed by atoms with Crippen molar-refractivity contribution in [2.45, 2.75) is 37.6 Å². The predicted molar refractivity (Wildman–Crippen MR) is 109 cm³/mol. The Morgan fingerprint density at radius 3 is 2.67 bits per heavy atom. The summed E-state index contributed by atoms with van der Waals surface area (Å²) >= 11 is 6.03. The first-order valence-electron chi connectivity index (χ1n) is 10.1. The molecule has 1 amide bonds. The van der Waals surface area contributed by atoms with Crippen LogP contribution in [-0.2, 0) is 16.0 Å². The molecule has 0 saturated carbocycles. The zero-order chi connectivity index (χ0) is 19.1. The first-order chi connectivity index (χ1) is 13.1. The minimum absolute atomic E-state index is 0.0822. The van der Waals surface area contributed by atoms with Gasteiger partial charge in [0.05, 0.1) is 13.2 Å². The third-order valence-electron chi connectivity index (χ3n) is 5.97. The zero-order valence-electron chi connectivity index (χ0n) is 16.4. The molecule has 2 aliphatic heterocycles. The van der Waals surface area contributed by atoms with Gasteiger partial charge in [-0.3, -0.25) is 9.69 Å². The molecule has 1 N–H and O–H groups in total. The molecule has 6 heteroatoms. The third-order valence-corrected chi connectivity index (χ3v) is 6.21. The molecule has 0 spiro atoms. The van der Waals surface area contributed by atoms with Crippen LogP contribution in [0.15, 0.2) is 24.3 Å². The Balaban J connectivity index is 1.48. The maximum absolute atomic E-state index is 12.4. The zero-order valence-corrected chi connectivity index (χ0v) is 17.1. The van der Waals surface area contributed by atoms with Gasteiger partial charge in [-0.15, -0.1) is 0 Å². The quantitative estimate of drug-likeness (QED) is 0.773. The molecule has 2 saturated heterocycles. The number of hydrogen-bond donors (Lipinski definition) is 1. The van der Waals surface area contributed by atoms with Crippen molar-refractivity contribution in [3.8, 4) is 0 Å². The van der Waals surface area contributed by atoms with Crippen LogP contribution in [0.1, 0.15) is 31.2 Å². The van der Waals surface area contributed by atoms with Crippen molar-refractivity contribution < 1.29 is 9.53 Å². The highest BCUT2D eigenvalue weighted by Gasteiger charge is 2.39. The van der Waals surface area contributed by atoms with Gasteiger partial charge in [0.1, 0.15) is 0 Å². The van der Waals surface area contributed by atoms with Gasteiger partial charge in [0, 0.05) is 36.6 Å². The molecule has 150 valence electrons. The number of carbonyl (C=O) groups excluding carboxylic acids is 1. The first kappa shape index (κ1) is 20.6. The van der Waals surface area contributed by atoms with Gasteiger partial charge < -0.3 is 15.0 Å². The lowest BCUT2D eigenvalue weighted by Gasteiger charge is -2.49. The number of hydrogen-bond acceptors (Lipinski definition) is 4. The smallest absolute Gasteiger partial charge is 0.220 e. The maximum atomic E-state index is 12.4. The molecule has 27 heavy (non-hydrogen) atoms. The molecular formula is C21H32ClN3O2. The fourth-order valence-electron chi connectivity index (χ4n) is 4.17. The van der Waals surface area contributed by atoms with E-state index in [2.05, 4.69) is 28.2 Å². The Hall–Kier alpha value is -1.14. The third kappa shape index (κ3) is 5.92. The molecule has 0 atom stereocenters. The summed E-state index contributed by atoms with van der Waals surface area (Å²) in [4.78, 5) is 17.4. The lowest BCUT2D eigenvalue weighted by molar-refractivity contribution is -0.122. The van der Waals surface area contributed by atoms with Crippen molar-refractivity contribution >= 4 is 17.5 Å². The van der Waals surface area contributed by atoms with Gasteiger partial charge in [-0.25, -0.2) is 0 Å². The van der Waals surface area contributed by atoms with E-state index in [1.165, 1.54) is 5.56 Å². The highest BCUT2D eigenvalue weighted by Crippen LogP contribution is 2.29. The minimum Gasteiger partial charge on any atom is -0.379 e. The maximum Gasteiger partial charge on any atom is 0.220 e.